The number of pyridine rings is 1. The Balaban J connectivity index is 1.39. The maximum absolute atomic E-state index is 12.1. The van der Waals surface area contributed by atoms with Crippen LogP contribution in [-0.2, 0) is 0 Å². The van der Waals surface area contributed by atoms with Crippen molar-refractivity contribution in [2.24, 2.45) is 0 Å². The van der Waals surface area contributed by atoms with Gasteiger partial charge in [-0.25, -0.2) is 14.5 Å². The first-order valence-electron chi connectivity index (χ1n) is 13.0. The Bertz CT molecular complexity index is 1210. The van der Waals surface area contributed by atoms with Gasteiger partial charge in [0.05, 0.1) is 22.5 Å². The largest absolute Gasteiger partial charge is 0.477 e. The van der Waals surface area contributed by atoms with Crippen molar-refractivity contribution >= 4 is 22.7 Å². The molecule has 2 aliphatic heterocycles. The molecule has 2 aromatic heterocycles. The van der Waals surface area contributed by atoms with E-state index in [1.165, 1.54) is 6.42 Å². The van der Waals surface area contributed by atoms with Gasteiger partial charge in [-0.1, -0.05) is 24.6 Å². The highest BCUT2D eigenvalue weighted by Gasteiger charge is 2.32. The van der Waals surface area contributed by atoms with E-state index in [1.54, 1.807) is 6.07 Å². The number of aromatic nitrogens is 3. The summed E-state index contributed by atoms with van der Waals surface area (Å²) in [5, 5.41) is 16.0. The SMILES string of the molecule is CN1CCN(C2CCN(c3cc(C(=O)O)nc4c3c(C3CCC3)nn4-c3ccccc3)CC2)CC1. The van der Waals surface area contributed by atoms with Crippen molar-refractivity contribution < 1.29 is 9.90 Å². The number of hydrogen-bond acceptors (Lipinski definition) is 6. The van der Waals surface area contributed by atoms with E-state index in [4.69, 9.17) is 5.10 Å². The predicted octanol–water partition coefficient (Wildman–Crippen LogP) is 3.60. The number of benzene rings is 1. The summed E-state index contributed by atoms with van der Waals surface area (Å²) in [4.78, 5) is 24.2. The highest BCUT2D eigenvalue weighted by molar-refractivity contribution is 5.98. The average molecular weight is 475 g/mol. The number of carbonyl (C=O) groups is 1. The minimum atomic E-state index is -0.994. The van der Waals surface area contributed by atoms with Gasteiger partial charge in [-0.3, -0.25) is 4.90 Å². The van der Waals surface area contributed by atoms with E-state index >= 15 is 0 Å². The number of para-hydroxylation sites is 1. The zero-order chi connectivity index (χ0) is 23.9. The molecule has 0 radical (unpaired) electrons. The second kappa shape index (κ2) is 9.24. The van der Waals surface area contributed by atoms with Gasteiger partial charge in [0.1, 0.15) is 0 Å². The number of hydrogen-bond donors (Lipinski definition) is 1. The summed E-state index contributed by atoms with van der Waals surface area (Å²) < 4.78 is 1.86. The Labute approximate surface area is 206 Å². The quantitative estimate of drug-likeness (QED) is 0.605. The third-order valence-electron chi connectivity index (χ3n) is 8.22. The lowest BCUT2D eigenvalue weighted by Crippen LogP contribution is -2.52. The number of anilines is 1. The van der Waals surface area contributed by atoms with Crippen molar-refractivity contribution in [2.45, 2.75) is 44.1 Å². The lowest BCUT2D eigenvalue weighted by molar-refractivity contribution is 0.0691. The Hall–Kier alpha value is -2.97. The molecule has 184 valence electrons. The predicted molar refractivity (Wildman–Crippen MR) is 137 cm³/mol. The standard InChI is InChI=1S/C27H34N6O2/c1-30-14-16-31(17-15-30)20-10-12-32(13-11-20)23-18-22(27(34)35)28-26-24(23)25(19-6-5-7-19)29-33(26)21-8-3-2-4-9-21/h2-4,8-9,18-20H,5-7,10-17H2,1H3,(H,34,35). The van der Waals surface area contributed by atoms with Gasteiger partial charge in [-0.05, 0) is 50.9 Å². The second-order valence-corrected chi connectivity index (χ2v) is 10.3. The molecule has 1 N–H and O–H groups in total. The van der Waals surface area contributed by atoms with Gasteiger partial charge in [0, 0.05) is 51.2 Å². The Kier molecular flexibility index (Phi) is 5.94. The fraction of sp³-hybridized carbons (Fsp3) is 0.519. The van der Waals surface area contributed by atoms with Crippen molar-refractivity contribution in [3.8, 4) is 5.69 Å². The molecule has 3 aliphatic rings. The zero-order valence-corrected chi connectivity index (χ0v) is 20.4. The first kappa shape index (κ1) is 22.5. The Morgan fingerprint density at radius 2 is 1.69 bits per heavy atom. The van der Waals surface area contributed by atoms with Crippen LogP contribution in [0.15, 0.2) is 36.4 Å². The number of fused-ring (bicyclic) bond motifs is 1. The van der Waals surface area contributed by atoms with Crippen molar-refractivity contribution in [3.63, 3.8) is 0 Å². The lowest BCUT2D eigenvalue weighted by Gasteiger charge is -2.42. The zero-order valence-electron chi connectivity index (χ0n) is 20.4. The molecule has 3 aromatic rings. The molecule has 35 heavy (non-hydrogen) atoms. The monoisotopic (exact) mass is 474 g/mol. The number of piperidine rings is 1. The van der Waals surface area contributed by atoms with Gasteiger partial charge in [0.2, 0.25) is 0 Å². The molecule has 0 bridgehead atoms. The number of likely N-dealkylation sites (N-methyl/N-ethyl adjacent to an activating group) is 1. The number of carboxylic acid groups (broad SMARTS) is 1. The van der Waals surface area contributed by atoms with Gasteiger partial charge in [-0.15, -0.1) is 0 Å². The molecule has 8 nitrogen and oxygen atoms in total. The summed E-state index contributed by atoms with van der Waals surface area (Å²) in [5.41, 5.74) is 3.74. The molecule has 0 atom stereocenters. The number of nitrogens with zero attached hydrogens (tertiary/aromatic N) is 6. The smallest absolute Gasteiger partial charge is 0.354 e. The Morgan fingerprint density at radius 3 is 2.31 bits per heavy atom. The molecule has 0 unspecified atom stereocenters. The van der Waals surface area contributed by atoms with Crippen LogP contribution >= 0.6 is 0 Å². The molecule has 0 spiro atoms. The average Bonchev–Trinajstić information content (AvgIpc) is 3.23. The fourth-order valence-corrected chi connectivity index (χ4v) is 5.86. The molecular formula is C27H34N6O2. The molecule has 1 saturated carbocycles. The van der Waals surface area contributed by atoms with E-state index in [9.17, 15) is 9.90 Å². The van der Waals surface area contributed by atoms with E-state index in [0.717, 1.165) is 87.4 Å². The van der Waals surface area contributed by atoms with Crippen LogP contribution in [0.1, 0.15) is 54.2 Å². The molecule has 4 heterocycles. The van der Waals surface area contributed by atoms with Crippen molar-refractivity contribution in [3.05, 3.63) is 47.8 Å². The molecule has 6 rings (SSSR count). The summed E-state index contributed by atoms with van der Waals surface area (Å²) >= 11 is 0. The topological polar surface area (TPSA) is 77.7 Å². The minimum absolute atomic E-state index is 0.0888. The fourth-order valence-electron chi connectivity index (χ4n) is 5.86. The van der Waals surface area contributed by atoms with E-state index < -0.39 is 5.97 Å². The van der Waals surface area contributed by atoms with Gasteiger partial charge >= 0.3 is 5.97 Å². The number of piperazine rings is 1. The first-order chi connectivity index (χ1) is 17.1. The van der Waals surface area contributed by atoms with Crippen LogP contribution in [-0.4, -0.2) is 88.0 Å². The lowest BCUT2D eigenvalue weighted by atomic mass is 9.82. The van der Waals surface area contributed by atoms with Gasteiger partial charge < -0.3 is 14.9 Å². The van der Waals surface area contributed by atoms with Crippen LogP contribution in [0, 0.1) is 0 Å². The summed E-state index contributed by atoms with van der Waals surface area (Å²) in [6, 6.07) is 12.4. The molecule has 1 aromatic carbocycles. The Morgan fingerprint density at radius 1 is 0.971 bits per heavy atom. The van der Waals surface area contributed by atoms with Crippen LogP contribution < -0.4 is 4.90 Å². The number of carboxylic acids is 1. The third-order valence-corrected chi connectivity index (χ3v) is 8.22. The highest BCUT2D eigenvalue weighted by atomic mass is 16.4. The van der Waals surface area contributed by atoms with E-state index in [2.05, 4.69) is 26.7 Å². The molecule has 1 aliphatic carbocycles. The van der Waals surface area contributed by atoms with Crippen LogP contribution in [0.5, 0.6) is 0 Å². The molecule has 8 heteroatoms. The minimum Gasteiger partial charge on any atom is -0.477 e. The summed E-state index contributed by atoms with van der Waals surface area (Å²) in [5.74, 6) is -0.576. The first-order valence-corrected chi connectivity index (χ1v) is 13.0. The van der Waals surface area contributed by atoms with E-state index in [0.29, 0.717) is 17.6 Å². The third kappa shape index (κ3) is 4.19. The van der Waals surface area contributed by atoms with Gasteiger partial charge in [0.15, 0.2) is 11.3 Å². The summed E-state index contributed by atoms with van der Waals surface area (Å²) in [6.45, 7) is 6.40. The molecule has 2 saturated heterocycles. The number of rotatable bonds is 5. The van der Waals surface area contributed by atoms with Crippen LogP contribution in [0.4, 0.5) is 5.69 Å². The van der Waals surface area contributed by atoms with E-state index in [-0.39, 0.29) is 5.69 Å². The van der Waals surface area contributed by atoms with Crippen molar-refractivity contribution in [1.29, 1.82) is 0 Å². The number of aromatic carboxylic acids is 1. The van der Waals surface area contributed by atoms with E-state index in [1.807, 2.05) is 35.0 Å². The van der Waals surface area contributed by atoms with Crippen molar-refractivity contribution in [2.75, 3.05) is 51.2 Å². The molecule has 3 fully saturated rings. The van der Waals surface area contributed by atoms with Gasteiger partial charge in [-0.2, -0.15) is 5.10 Å². The van der Waals surface area contributed by atoms with Crippen molar-refractivity contribution in [1.82, 2.24) is 24.6 Å². The molecule has 0 amide bonds. The normalized spacial score (nSPS) is 20.9. The maximum atomic E-state index is 12.1. The van der Waals surface area contributed by atoms with Crippen LogP contribution in [0.25, 0.3) is 16.7 Å². The summed E-state index contributed by atoms with van der Waals surface area (Å²) in [7, 11) is 2.20. The highest BCUT2D eigenvalue weighted by Crippen LogP contribution is 2.43. The second-order valence-electron chi connectivity index (χ2n) is 10.3. The maximum Gasteiger partial charge on any atom is 0.354 e. The van der Waals surface area contributed by atoms with Crippen LogP contribution in [0.2, 0.25) is 0 Å². The van der Waals surface area contributed by atoms with Crippen LogP contribution in [0.3, 0.4) is 0 Å². The molecular weight excluding hydrogens is 440 g/mol. The summed E-state index contributed by atoms with van der Waals surface area (Å²) in [6.07, 6.45) is 5.68. The van der Waals surface area contributed by atoms with Gasteiger partial charge in [0.25, 0.3) is 0 Å².